The highest BCUT2D eigenvalue weighted by molar-refractivity contribution is 6.74. The third-order valence-corrected chi connectivity index (χ3v) is 9.11. The molecule has 2 rings (SSSR count). The molecule has 4 nitrogen and oxygen atoms in total. The topological polar surface area (TPSA) is 51.3 Å². The number of aromatic nitrogens is 1. The maximum absolute atomic E-state index is 13.4. The van der Waals surface area contributed by atoms with Gasteiger partial charge in [0.15, 0.2) is 8.32 Å². The Morgan fingerprint density at radius 3 is 2.50 bits per heavy atom. The zero-order valence-corrected chi connectivity index (χ0v) is 16.0. The van der Waals surface area contributed by atoms with E-state index in [4.69, 9.17) is 9.16 Å². The number of pyridine rings is 1. The van der Waals surface area contributed by atoms with E-state index in [9.17, 15) is 9.18 Å². The summed E-state index contributed by atoms with van der Waals surface area (Å²) >= 11 is 0. The maximum Gasteiger partial charge on any atom is 0.248 e. The largest absolute Gasteiger partial charge is 0.491 e. The second kappa shape index (κ2) is 7.07. The normalized spacial score (nSPS) is 13.9. The van der Waals surface area contributed by atoms with Crippen LogP contribution in [0.1, 0.15) is 20.8 Å². The maximum atomic E-state index is 13.4. The predicted molar refractivity (Wildman–Crippen MR) is 98.1 cm³/mol. The molecule has 0 aliphatic rings. The van der Waals surface area contributed by atoms with Crippen molar-refractivity contribution < 1.29 is 13.6 Å². The zero-order chi connectivity index (χ0) is 18.0. The van der Waals surface area contributed by atoms with Crippen molar-refractivity contribution in [3.8, 4) is 5.75 Å². The van der Waals surface area contributed by atoms with E-state index in [-0.39, 0.29) is 17.2 Å². The van der Waals surface area contributed by atoms with Gasteiger partial charge in [-0.1, -0.05) is 20.8 Å². The minimum atomic E-state index is -2.05. The van der Waals surface area contributed by atoms with E-state index in [0.29, 0.717) is 11.3 Å². The van der Waals surface area contributed by atoms with Crippen LogP contribution in [0.15, 0.2) is 35.1 Å². The molecule has 6 heteroatoms. The first kappa shape index (κ1) is 18.7. The molecule has 132 valence electrons. The molecular weight excluding hydrogens is 325 g/mol. The molecule has 0 saturated heterocycles. The van der Waals surface area contributed by atoms with Crippen molar-refractivity contribution in [2.24, 2.45) is 0 Å². The summed E-state index contributed by atoms with van der Waals surface area (Å²) in [4.78, 5) is 14.2. The third-order valence-electron chi connectivity index (χ3n) is 4.57. The van der Waals surface area contributed by atoms with Crippen LogP contribution in [-0.2, 0) is 4.43 Å². The van der Waals surface area contributed by atoms with E-state index in [0.717, 1.165) is 5.39 Å². The van der Waals surface area contributed by atoms with Crippen LogP contribution in [0.25, 0.3) is 10.9 Å². The second-order valence-corrected chi connectivity index (χ2v) is 12.3. The fraction of sp³-hybridized carbons (Fsp3) is 0.500. The summed E-state index contributed by atoms with van der Waals surface area (Å²) in [7, 11) is -2.05. The molecule has 2 aromatic rings. The molecule has 1 unspecified atom stereocenters. The number of hydrogen-bond acceptors (Lipinski definition) is 3. The van der Waals surface area contributed by atoms with Crippen LogP contribution in [-0.4, -0.2) is 32.7 Å². The van der Waals surface area contributed by atoms with Gasteiger partial charge in [-0.25, -0.2) is 4.39 Å². The number of nitrogens with one attached hydrogen (secondary N) is 1. The quantitative estimate of drug-likeness (QED) is 0.791. The summed E-state index contributed by atoms with van der Waals surface area (Å²) in [6, 6.07) is 8.65. The first-order valence-electron chi connectivity index (χ1n) is 8.12. The highest BCUT2D eigenvalue weighted by atomic mass is 28.4. The smallest absolute Gasteiger partial charge is 0.248 e. The van der Waals surface area contributed by atoms with Crippen molar-refractivity contribution in [2.45, 2.75) is 45.0 Å². The van der Waals surface area contributed by atoms with Gasteiger partial charge < -0.3 is 14.1 Å². The zero-order valence-electron chi connectivity index (χ0n) is 15.0. The Morgan fingerprint density at radius 2 is 1.88 bits per heavy atom. The van der Waals surface area contributed by atoms with Gasteiger partial charge in [-0.15, -0.1) is 0 Å². The Kier molecular flexibility index (Phi) is 5.50. The summed E-state index contributed by atoms with van der Waals surface area (Å²) < 4.78 is 25.1. The number of aromatic amines is 1. The number of hydrogen-bond donors (Lipinski definition) is 1. The van der Waals surface area contributed by atoms with Gasteiger partial charge in [-0.3, -0.25) is 4.79 Å². The van der Waals surface area contributed by atoms with Crippen LogP contribution < -0.4 is 10.3 Å². The lowest BCUT2D eigenvalue weighted by Gasteiger charge is -2.38. The summed E-state index contributed by atoms with van der Waals surface area (Å²) in [5.74, 6) is 0.585. The van der Waals surface area contributed by atoms with Crippen molar-refractivity contribution in [1.82, 2.24) is 4.98 Å². The van der Waals surface area contributed by atoms with Gasteiger partial charge in [0.2, 0.25) is 5.56 Å². The average molecular weight is 351 g/mol. The summed E-state index contributed by atoms with van der Waals surface area (Å²) in [5, 5.41) is 0.935. The molecule has 0 bridgehead atoms. The van der Waals surface area contributed by atoms with Gasteiger partial charge in [-0.2, -0.15) is 0 Å². The van der Waals surface area contributed by atoms with Crippen molar-refractivity contribution >= 4 is 19.2 Å². The minimum Gasteiger partial charge on any atom is -0.491 e. The number of halogens is 1. The van der Waals surface area contributed by atoms with Crippen molar-refractivity contribution in [3.63, 3.8) is 0 Å². The van der Waals surface area contributed by atoms with Gasteiger partial charge in [0.1, 0.15) is 25.1 Å². The molecule has 0 aliphatic carbocycles. The van der Waals surface area contributed by atoms with E-state index in [2.05, 4.69) is 38.8 Å². The molecule has 1 atom stereocenters. The SMILES string of the molecule is CC(C)(C)[Si](C)(C)OC(CF)COc1ccc2ccc(=O)[nH]c2c1. The number of fused-ring (bicyclic) bond motifs is 1. The molecule has 1 aromatic carbocycles. The average Bonchev–Trinajstić information content (AvgIpc) is 2.49. The molecule has 24 heavy (non-hydrogen) atoms. The number of H-pyrrole nitrogens is 1. The molecule has 1 heterocycles. The molecular formula is C18H26FNO3Si. The third kappa shape index (κ3) is 4.45. The lowest BCUT2D eigenvalue weighted by atomic mass is 10.2. The number of rotatable bonds is 6. The first-order chi connectivity index (χ1) is 11.1. The van der Waals surface area contributed by atoms with Crippen molar-refractivity contribution in [3.05, 3.63) is 40.7 Å². The number of alkyl halides is 1. The molecule has 1 aromatic heterocycles. The van der Waals surface area contributed by atoms with Crippen LogP contribution in [0.2, 0.25) is 18.1 Å². The number of benzene rings is 1. The van der Waals surface area contributed by atoms with Crippen LogP contribution in [0.3, 0.4) is 0 Å². The Morgan fingerprint density at radius 1 is 1.21 bits per heavy atom. The molecule has 0 amide bonds. The van der Waals surface area contributed by atoms with Gasteiger partial charge in [-0.05, 0) is 41.7 Å². The highest BCUT2D eigenvalue weighted by Crippen LogP contribution is 2.37. The molecule has 0 saturated carbocycles. The van der Waals surface area contributed by atoms with E-state index in [1.807, 2.05) is 12.1 Å². The lowest BCUT2D eigenvalue weighted by Crippen LogP contribution is -2.46. The van der Waals surface area contributed by atoms with E-state index >= 15 is 0 Å². The number of ether oxygens (including phenoxy) is 1. The Hall–Kier alpha value is -1.66. The predicted octanol–water partition coefficient (Wildman–Crippen LogP) is 4.27. The summed E-state index contributed by atoms with van der Waals surface area (Å²) in [6.45, 7) is 10.1. The van der Waals surface area contributed by atoms with Crippen molar-refractivity contribution in [2.75, 3.05) is 13.3 Å². The fourth-order valence-electron chi connectivity index (χ4n) is 2.11. The Labute approximate surface area is 143 Å². The van der Waals surface area contributed by atoms with E-state index in [1.165, 1.54) is 6.07 Å². The van der Waals surface area contributed by atoms with Crippen LogP contribution >= 0.6 is 0 Å². The van der Waals surface area contributed by atoms with Gasteiger partial charge in [0, 0.05) is 12.1 Å². The van der Waals surface area contributed by atoms with Crippen LogP contribution in [0.5, 0.6) is 5.75 Å². The highest BCUT2D eigenvalue weighted by Gasteiger charge is 2.39. The molecule has 0 radical (unpaired) electrons. The molecule has 0 aliphatic heterocycles. The van der Waals surface area contributed by atoms with Gasteiger partial charge >= 0.3 is 0 Å². The van der Waals surface area contributed by atoms with Gasteiger partial charge in [0.05, 0.1) is 5.52 Å². The second-order valence-electron chi connectivity index (χ2n) is 7.54. The standard InChI is InChI=1S/C18H26FNO3Si/c1-18(2,3)24(4,5)23-15(11-19)12-22-14-8-6-13-7-9-17(21)20-16(13)10-14/h6-10,15H,11-12H2,1-5H3,(H,20,21). The van der Waals surface area contributed by atoms with Crippen molar-refractivity contribution in [1.29, 1.82) is 0 Å². The van der Waals surface area contributed by atoms with E-state index < -0.39 is 21.1 Å². The molecule has 0 spiro atoms. The monoisotopic (exact) mass is 351 g/mol. The minimum absolute atomic E-state index is 0.0167. The summed E-state index contributed by atoms with van der Waals surface area (Å²) in [6.07, 6.45) is -0.587. The molecule has 1 N–H and O–H groups in total. The lowest BCUT2D eigenvalue weighted by molar-refractivity contribution is 0.0920. The van der Waals surface area contributed by atoms with Gasteiger partial charge in [0.25, 0.3) is 0 Å². The molecule has 0 fully saturated rings. The fourth-order valence-corrected chi connectivity index (χ4v) is 3.43. The van der Waals surface area contributed by atoms with Crippen LogP contribution in [0.4, 0.5) is 4.39 Å². The van der Waals surface area contributed by atoms with E-state index in [1.54, 1.807) is 12.1 Å². The van der Waals surface area contributed by atoms with Crippen LogP contribution in [0, 0.1) is 0 Å². The Bertz CT molecular complexity index is 752. The summed E-state index contributed by atoms with van der Waals surface area (Å²) in [5.41, 5.74) is 0.532. The first-order valence-corrected chi connectivity index (χ1v) is 11.0. The Balaban J connectivity index is 2.06.